The molecule has 1 aliphatic rings. The van der Waals surface area contributed by atoms with Gasteiger partial charge in [-0.3, -0.25) is 4.90 Å². The molecule has 5 heteroatoms. The molecule has 0 unspecified atom stereocenters. The molecule has 9 rings (SSSR count). The smallest absolute Gasteiger partial charge is 0.139 e. The first-order valence-electron chi connectivity index (χ1n) is 20.4. The minimum Gasteiger partial charge on any atom is -0.337 e. The predicted octanol–water partition coefficient (Wildman–Crippen LogP) is 11.2. The fourth-order valence-corrected chi connectivity index (χ4v) is 12.6. The highest BCUT2D eigenvalue weighted by Crippen LogP contribution is 2.58. The third-order valence-corrected chi connectivity index (χ3v) is 15.4. The van der Waals surface area contributed by atoms with Crippen molar-refractivity contribution in [2.45, 2.75) is 30.2 Å². The van der Waals surface area contributed by atoms with E-state index in [9.17, 15) is 0 Å². The van der Waals surface area contributed by atoms with E-state index in [0.29, 0.717) is 13.0 Å². The number of hydrogen-bond donors (Lipinski definition) is 0. The first kappa shape index (κ1) is 39.0. The molecule has 59 heavy (non-hydrogen) atoms. The maximum Gasteiger partial charge on any atom is 0.139 e. The van der Waals surface area contributed by atoms with E-state index >= 15 is 0 Å². The molecule has 0 spiro atoms. The molecule has 0 radical (unpaired) electrons. The molecule has 0 amide bonds. The van der Waals surface area contributed by atoms with Gasteiger partial charge in [0.05, 0.1) is 22.3 Å². The standard InChI is InChI=1S/C54H47NO2P2/c1-9-25-44(26-10-1)42-55-43-53(45-27-11-2-12-28-45,56-58(48-33-17-5-18-34-48)49-35-19-6-20-36-49)41-52(55)54(46-29-13-3-14-30-46,47-31-15-4-16-32-47)57-59(50-37-21-7-22-38-50)51-39-23-8-24-40-51/h1-40,52H,41-43H2/t52-,53-/m0/s1. The van der Waals surface area contributed by atoms with Gasteiger partial charge in [-0.15, -0.1) is 0 Å². The van der Waals surface area contributed by atoms with Crippen LogP contribution in [0.15, 0.2) is 243 Å². The van der Waals surface area contributed by atoms with E-state index < -0.39 is 27.5 Å². The van der Waals surface area contributed by atoms with Crippen molar-refractivity contribution in [3.8, 4) is 0 Å². The van der Waals surface area contributed by atoms with Gasteiger partial charge in [-0.2, -0.15) is 0 Å². The van der Waals surface area contributed by atoms with E-state index in [1.165, 1.54) is 32.3 Å². The molecule has 0 bridgehead atoms. The number of rotatable bonds is 14. The average molecular weight is 804 g/mol. The van der Waals surface area contributed by atoms with Crippen LogP contribution in [0.4, 0.5) is 0 Å². The molecular formula is C54H47NO2P2. The molecule has 290 valence electrons. The lowest BCUT2D eigenvalue weighted by Crippen LogP contribution is -2.50. The highest BCUT2D eigenvalue weighted by molar-refractivity contribution is 7.68. The zero-order valence-corrected chi connectivity index (χ0v) is 34.7. The molecular weight excluding hydrogens is 757 g/mol. The first-order valence-corrected chi connectivity index (χ1v) is 22.9. The van der Waals surface area contributed by atoms with Crippen LogP contribution in [-0.4, -0.2) is 17.5 Å². The van der Waals surface area contributed by atoms with Crippen molar-refractivity contribution in [2.24, 2.45) is 0 Å². The van der Waals surface area contributed by atoms with Gasteiger partial charge < -0.3 is 9.05 Å². The van der Waals surface area contributed by atoms with Crippen LogP contribution in [0.3, 0.4) is 0 Å². The van der Waals surface area contributed by atoms with Gasteiger partial charge in [0.2, 0.25) is 0 Å². The van der Waals surface area contributed by atoms with Gasteiger partial charge in [-0.1, -0.05) is 243 Å². The fraction of sp³-hybridized carbons (Fsp3) is 0.111. The van der Waals surface area contributed by atoms with Crippen LogP contribution in [-0.2, 0) is 26.8 Å². The lowest BCUT2D eigenvalue weighted by atomic mass is 9.77. The molecule has 0 saturated carbocycles. The molecule has 1 heterocycles. The van der Waals surface area contributed by atoms with E-state index in [1.807, 2.05) is 0 Å². The molecule has 1 aliphatic heterocycles. The molecule has 2 atom stereocenters. The van der Waals surface area contributed by atoms with Crippen LogP contribution in [0.5, 0.6) is 0 Å². The second kappa shape index (κ2) is 18.2. The normalized spacial score (nSPS) is 17.0. The zero-order chi connectivity index (χ0) is 39.7. The minimum atomic E-state index is -1.32. The molecule has 1 saturated heterocycles. The van der Waals surface area contributed by atoms with Crippen molar-refractivity contribution >= 4 is 37.5 Å². The first-order chi connectivity index (χ1) is 29.2. The Morgan fingerprint density at radius 2 is 0.797 bits per heavy atom. The van der Waals surface area contributed by atoms with Gasteiger partial charge in [0.1, 0.15) is 11.2 Å². The second-order valence-electron chi connectivity index (χ2n) is 15.1. The van der Waals surface area contributed by atoms with Crippen LogP contribution in [0.25, 0.3) is 0 Å². The molecule has 0 aliphatic carbocycles. The Labute approximate surface area is 351 Å². The van der Waals surface area contributed by atoms with Gasteiger partial charge in [-0.05, 0) is 22.3 Å². The lowest BCUT2D eigenvalue weighted by molar-refractivity contribution is 0.0273. The Bertz CT molecular complexity index is 2360. The summed E-state index contributed by atoms with van der Waals surface area (Å²) in [6, 6.07) is 86.7. The molecule has 1 fully saturated rings. The number of likely N-dealkylation sites (tertiary alicyclic amines) is 1. The Morgan fingerprint density at radius 1 is 0.441 bits per heavy atom. The van der Waals surface area contributed by atoms with Gasteiger partial charge in [0.15, 0.2) is 0 Å². The van der Waals surface area contributed by atoms with Crippen LogP contribution in [0.2, 0.25) is 0 Å². The quantitative estimate of drug-likeness (QED) is 0.102. The SMILES string of the molecule is c1ccc(CN2C[C@](OP(c3ccccc3)c3ccccc3)(c3ccccc3)C[C@H]2C(OP(c2ccccc2)c2ccccc2)(c2ccccc2)c2ccccc2)cc1. The van der Waals surface area contributed by atoms with Crippen molar-refractivity contribution in [1.82, 2.24) is 4.90 Å². The number of benzene rings is 8. The fourth-order valence-electron chi connectivity index (χ4n) is 8.57. The van der Waals surface area contributed by atoms with Crippen LogP contribution < -0.4 is 21.2 Å². The summed E-state index contributed by atoms with van der Waals surface area (Å²) < 4.78 is 16.2. The molecule has 8 aromatic carbocycles. The summed E-state index contributed by atoms with van der Waals surface area (Å²) >= 11 is 0. The Balaban J connectivity index is 1.30. The van der Waals surface area contributed by atoms with E-state index in [0.717, 1.165) is 17.7 Å². The summed E-state index contributed by atoms with van der Waals surface area (Å²) in [5.41, 5.74) is 3.01. The van der Waals surface area contributed by atoms with Crippen LogP contribution >= 0.6 is 16.3 Å². The van der Waals surface area contributed by atoms with Crippen molar-refractivity contribution in [2.75, 3.05) is 6.54 Å². The molecule has 3 nitrogen and oxygen atoms in total. The summed E-state index contributed by atoms with van der Waals surface area (Å²) in [4.78, 5) is 2.66. The topological polar surface area (TPSA) is 21.7 Å². The summed E-state index contributed by atoms with van der Waals surface area (Å²) in [6.45, 7) is 1.38. The summed E-state index contributed by atoms with van der Waals surface area (Å²) in [7, 11) is -2.55. The second-order valence-corrected chi connectivity index (χ2v) is 18.7. The third kappa shape index (κ3) is 8.37. The van der Waals surface area contributed by atoms with Crippen molar-refractivity contribution < 1.29 is 9.05 Å². The Morgan fingerprint density at radius 3 is 1.22 bits per heavy atom. The van der Waals surface area contributed by atoms with Crippen molar-refractivity contribution in [1.29, 1.82) is 0 Å². The summed E-state index contributed by atoms with van der Waals surface area (Å²) in [5, 5.41) is 4.71. The summed E-state index contributed by atoms with van der Waals surface area (Å²) in [5.74, 6) is 0. The zero-order valence-electron chi connectivity index (χ0n) is 33.0. The maximum absolute atomic E-state index is 8.21. The predicted molar refractivity (Wildman–Crippen MR) is 247 cm³/mol. The summed E-state index contributed by atoms with van der Waals surface area (Å²) in [6.07, 6.45) is 0.679. The number of nitrogens with zero attached hydrogens (tertiary/aromatic N) is 1. The minimum absolute atomic E-state index is 0.173. The van der Waals surface area contributed by atoms with Gasteiger partial charge in [-0.25, -0.2) is 0 Å². The van der Waals surface area contributed by atoms with Gasteiger partial charge >= 0.3 is 0 Å². The van der Waals surface area contributed by atoms with E-state index in [1.54, 1.807) is 0 Å². The Kier molecular flexibility index (Phi) is 12.0. The third-order valence-electron chi connectivity index (χ3n) is 11.3. The van der Waals surface area contributed by atoms with Crippen LogP contribution in [0, 0.1) is 0 Å². The average Bonchev–Trinajstić information content (AvgIpc) is 3.70. The number of hydrogen-bond acceptors (Lipinski definition) is 3. The molecule has 0 aromatic heterocycles. The Hall–Kier alpha value is -5.50. The van der Waals surface area contributed by atoms with Gasteiger partial charge in [0.25, 0.3) is 0 Å². The van der Waals surface area contributed by atoms with Crippen LogP contribution in [0.1, 0.15) is 28.7 Å². The largest absolute Gasteiger partial charge is 0.337 e. The van der Waals surface area contributed by atoms with Crippen molar-refractivity contribution in [3.63, 3.8) is 0 Å². The highest BCUT2D eigenvalue weighted by Gasteiger charge is 2.58. The lowest BCUT2D eigenvalue weighted by Gasteiger charge is -2.46. The van der Waals surface area contributed by atoms with E-state index in [4.69, 9.17) is 9.05 Å². The van der Waals surface area contributed by atoms with E-state index in [2.05, 4.69) is 248 Å². The highest BCUT2D eigenvalue weighted by atomic mass is 31.1. The monoisotopic (exact) mass is 803 g/mol. The van der Waals surface area contributed by atoms with E-state index in [-0.39, 0.29) is 6.04 Å². The van der Waals surface area contributed by atoms with Crippen molar-refractivity contribution in [3.05, 3.63) is 265 Å². The molecule has 8 aromatic rings. The maximum atomic E-state index is 8.21. The molecule has 0 N–H and O–H groups in total. The van der Waals surface area contributed by atoms with Gasteiger partial charge in [0, 0.05) is 40.7 Å².